The van der Waals surface area contributed by atoms with E-state index in [9.17, 15) is 9.59 Å². The van der Waals surface area contributed by atoms with Gasteiger partial charge in [-0.2, -0.15) is 0 Å². The average Bonchev–Trinajstić information content (AvgIpc) is 3.19. The second-order valence-corrected chi connectivity index (χ2v) is 16.3. The van der Waals surface area contributed by atoms with Crippen LogP contribution in [0.1, 0.15) is 253 Å². The molecule has 0 atom stereocenters. The molecule has 4 nitrogen and oxygen atoms in total. The molecule has 0 aliphatic carbocycles. The van der Waals surface area contributed by atoms with Crippen molar-refractivity contribution in [2.45, 2.75) is 232 Å². The summed E-state index contributed by atoms with van der Waals surface area (Å²) in [5.74, 6) is -0.714. The summed E-state index contributed by atoms with van der Waals surface area (Å²) >= 11 is 0. The highest BCUT2D eigenvalue weighted by Crippen LogP contribution is 2.25. The fourth-order valence-electron chi connectivity index (χ4n) is 7.82. The van der Waals surface area contributed by atoms with Crippen LogP contribution in [0.5, 0.6) is 0 Å². The van der Waals surface area contributed by atoms with Gasteiger partial charge in [0.2, 0.25) is 0 Å². The van der Waals surface area contributed by atoms with Crippen molar-refractivity contribution in [3.05, 3.63) is 47.5 Å². The van der Waals surface area contributed by atoms with Crippen LogP contribution in [0.4, 0.5) is 0 Å². The van der Waals surface area contributed by atoms with E-state index in [4.69, 9.17) is 9.47 Å². The summed E-state index contributed by atoms with van der Waals surface area (Å²) in [4.78, 5) is 26.3. The molecule has 0 unspecified atom stereocenters. The molecule has 4 heteroatoms. The third kappa shape index (κ3) is 24.2. The van der Waals surface area contributed by atoms with Crippen molar-refractivity contribution in [2.24, 2.45) is 0 Å². The molecule has 0 aliphatic rings. The summed E-state index contributed by atoms with van der Waals surface area (Å²) in [6.07, 6.45) is 45.1. The number of esters is 2. The zero-order valence-corrected chi connectivity index (χ0v) is 35.6. The van der Waals surface area contributed by atoms with E-state index < -0.39 is 0 Å². The Hall–Kier alpha value is -2.36. The van der Waals surface area contributed by atoms with E-state index in [0.29, 0.717) is 29.7 Å². The van der Waals surface area contributed by atoms with Gasteiger partial charge in [0.05, 0.1) is 24.3 Å². The highest BCUT2D eigenvalue weighted by atomic mass is 16.5. The topological polar surface area (TPSA) is 52.6 Å². The molecular weight excluding hydrogens is 665 g/mol. The van der Waals surface area contributed by atoms with Gasteiger partial charge in [0.25, 0.3) is 0 Å². The molecule has 0 fully saturated rings. The molecular formula is C50H84O4. The zero-order valence-electron chi connectivity index (χ0n) is 35.6. The molecule has 2 rings (SSSR count). The predicted molar refractivity (Wildman–Crippen MR) is 233 cm³/mol. The number of carbonyl (C=O) groups excluding carboxylic acids is 2. The summed E-state index contributed by atoms with van der Waals surface area (Å²) in [6, 6.07) is 11.1. The fourth-order valence-corrected chi connectivity index (χ4v) is 7.82. The van der Waals surface area contributed by atoms with Crippen molar-refractivity contribution < 1.29 is 19.1 Å². The van der Waals surface area contributed by atoms with Crippen molar-refractivity contribution >= 4 is 22.7 Å². The third-order valence-corrected chi connectivity index (χ3v) is 11.3. The first kappa shape index (κ1) is 47.8. The van der Waals surface area contributed by atoms with Gasteiger partial charge < -0.3 is 9.47 Å². The Morgan fingerprint density at radius 2 is 0.593 bits per heavy atom. The third-order valence-electron chi connectivity index (χ3n) is 11.3. The molecule has 0 amide bonds. The molecule has 0 saturated heterocycles. The number of rotatable bonds is 38. The van der Waals surface area contributed by atoms with Crippen LogP contribution in [0, 0.1) is 0 Å². The van der Waals surface area contributed by atoms with Crippen molar-refractivity contribution in [3.8, 4) is 0 Å². The van der Waals surface area contributed by atoms with E-state index in [1.807, 2.05) is 24.3 Å². The molecule has 2 aromatic rings. The van der Waals surface area contributed by atoms with Crippen LogP contribution in [0.25, 0.3) is 10.8 Å². The van der Waals surface area contributed by atoms with Gasteiger partial charge in [-0.25, -0.2) is 9.59 Å². The minimum Gasteiger partial charge on any atom is -0.462 e. The number of unbranched alkanes of at least 4 members (excludes halogenated alkanes) is 32. The Morgan fingerprint density at radius 1 is 0.352 bits per heavy atom. The normalized spacial score (nSPS) is 11.4. The maximum absolute atomic E-state index is 13.2. The Morgan fingerprint density at radius 3 is 0.852 bits per heavy atom. The van der Waals surface area contributed by atoms with Crippen LogP contribution in [-0.4, -0.2) is 25.2 Å². The first-order valence-corrected chi connectivity index (χ1v) is 23.5. The SMILES string of the molecule is CCCCCCCCCCCCCCCCCCCCCCCCOC(=O)c1cccc2cccc(C(=O)OCCCCCCCCCCCCCC)c12. The van der Waals surface area contributed by atoms with Crippen molar-refractivity contribution in [1.29, 1.82) is 0 Å². The van der Waals surface area contributed by atoms with E-state index >= 15 is 0 Å². The summed E-state index contributed by atoms with van der Waals surface area (Å²) in [7, 11) is 0. The first-order valence-electron chi connectivity index (χ1n) is 23.5. The van der Waals surface area contributed by atoms with Gasteiger partial charge in [0.1, 0.15) is 0 Å². The number of hydrogen-bond donors (Lipinski definition) is 0. The highest BCUT2D eigenvalue weighted by molar-refractivity contribution is 6.13. The predicted octanol–water partition coefficient (Wildman–Crippen LogP) is 16.5. The van der Waals surface area contributed by atoms with Crippen molar-refractivity contribution in [3.63, 3.8) is 0 Å². The standard InChI is InChI=1S/C50H84O4/c1-3-5-7-9-11-13-15-17-18-19-20-21-22-23-24-25-26-28-30-32-34-36-44-54-50(52)47-42-38-40-45-39-37-41-46(48(45)47)49(51)53-43-35-33-31-29-27-16-14-12-10-8-6-4-2/h37-42H,3-36,43-44H2,1-2H3. The minimum atomic E-state index is -0.358. The van der Waals surface area contributed by atoms with E-state index in [-0.39, 0.29) is 11.9 Å². The Bertz CT molecular complexity index is 1170. The number of fused-ring (bicyclic) bond motifs is 1. The monoisotopic (exact) mass is 749 g/mol. The number of benzene rings is 2. The first-order chi connectivity index (χ1) is 26.7. The van der Waals surface area contributed by atoms with E-state index in [2.05, 4.69) is 13.8 Å². The lowest BCUT2D eigenvalue weighted by Crippen LogP contribution is -2.11. The smallest absolute Gasteiger partial charge is 0.338 e. The summed E-state index contributed by atoms with van der Waals surface area (Å²) in [5, 5.41) is 1.49. The number of hydrogen-bond acceptors (Lipinski definition) is 4. The van der Waals surface area contributed by atoms with Gasteiger partial charge in [-0.3, -0.25) is 0 Å². The quantitative estimate of drug-likeness (QED) is 0.0507. The fraction of sp³-hybridized carbons (Fsp3) is 0.760. The molecule has 0 bridgehead atoms. The van der Waals surface area contributed by atoms with Gasteiger partial charge in [0.15, 0.2) is 0 Å². The van der Waals surface area contributed by atoms with Crippen LogP contribution < -0.4 is 0 Å². The zero-order chi connectivity index (χ0) is 38.6. The second kappa shape index (κ2) is 35.1. The van der Waals surface area contributed by atoms with Gasteiger partial charge in [-0.15, -0.1) is 0 Å². The van der Waals surface area contributed by atoms with Gasteiger partial charge >= 0.3 is 11.9 Å². The van der Waals surface area contributed by atoms with Gasteiger partial charge in [-0.05, 0) is 30.4 Å². The second-order valence-electron chi connectivity index (χ2n) is 16.3. The van der Waals surface area contributed by atoms with Crippen molar-refractivity contribution in [2.75, 3.05) is 13.2 Å². The molecule has 0 saturated carbocycles. The maximum Gasteiger partial charge on any atom is 0.338 e. The van der Waals surface area contributed by atoms with E-state index in [1.54, 1.807) is 12.1 Å². The molecule has 0 aliphatic heterocycles. The van der Waals surface area contributed by atoms with Gasteiger partial charge in [-0.1, -0.05) is 244 Å². The minimum absolute atomic E-state index is 0.356. The molecule has 308 valence electrons. The van der Waals surface area contributed by atoms with Crippen LogP contribution in [0.3, 0.4) is 0 Å². The molecule has 0 heterocycles. The maximum atomic E-state index is 13.2. The van der Waals surface area contributed by atoms with E-state index in [1.165, 1.54) is 193 Å². The van der Waals surface area contributed by atoms with Gasteiger partial charge in [0, 0.05) is 5.39 Å². The highest BCUT2D eigenvalue weighted by Gasteiger charge is 2.19. The molecule has 0 spiro atoms. The lowest BCUT2D eigenvalue weighted by Gasteiger charge is -2.12. The lowest BCUT2D eigenvalue weighted by molar-refractivity contribution is 0.0498. The van der Waals surface area contributed by atoms with Crippen LogP contribution in [0.2, 0.25) is 0 Å². The molecule has 54 heavy (non-hydrogen) atoms. The lowest BCUT2D eigenvalue weighted by atomic mass is 9.99. The summed E-state index contributed by atoms with van der Waals surface area (Å²) in [5.41, 5.74) is 0.896. The Labute approximate surface area is 333 Å². The average molecular weight is 749 g/mol. The Kier molecular flexibility index (Phi) is 31.0. The molecule has 2 aromatic carbocycles. The summed E-state index contributed by atoms with van der Waals surface area (Å²) in [6.45, 7) is 5.39. The number of carbonyl (C=O) groups is 2. The molecule has 0 N–H and O–H groups in total. The largest absolute Gasteiger partial charge is 0.462 e. The summed E-state index contributed by atoms with van der Waals surface area (Å²) < 4.78 is 11.4. The number of ether oxygens (including phenoxy) is 2. The Balaban J connectivity index is 1.48. The molecule has 0 aromatic heterocycles. The van der Waals surface area contributed by atoms with Crippen LogP contribution >= 0.6 is 0 Å². The van der Waals surface area contributed by atoms with Crippen LogP contribution in [0.15, 0.2) is 36.4 Å². The van der Waals surface area contributed by atoms with E-state index in [0.717, 1.165) is 31.1 Å². The molecule has 0 radical (unpaired) electrons. The van der Waals surface area contributed by atoms with Crippen molar-refractivity contribution in [1.82, 2.24) is 0 Å². The van der Waals surface area contributed by atoms with Crippen LogP contribution in [-0.2, 0) is 9.47 Å².